The third-order valence-corrected chi connectivity index (χ3v) is 6.48. The van der Waals surface area contributed by atoms with Crippen LogP contribution in [-0.2, 0) is 18.0 Å². The number of hydrogen-bond acceptors (Lipinski definition) is 6. The number of fused-ring (bicyclic) bond motifs is 2. The van der Waals surface area contributed by atoms with Gasteiger partial charge in [-0.15, -0.1) is 0 Å². The number of carbonyl (C=O) groups is 1. The highest BCUT2D eigenvalue weighted by atomic mass is 19.1. The van der Waals surface area contributed by atoms with Crippen molar-refractivity contribution in [3.63, 3.8) is 0 Å². The molecule has 0 radical (unpaired) electrons. The van der Waals surface area contributed by atoms with E-state index in [1.807, 2.05) is 30.0 Å². The number of nitrogens with zero attached hydrogens (tertiary/aromatic N) is 3. The fourth-order valence-corrected chi connectivity index (χ4v) is 4.69. The first-order valence-electron chi connectivity index (χ1n) is 10.6. The average molecular weight is 427 g/mol. The Morgan fingerprint density at radius 2 is 2.10 bits per heavy atom. The maximum Gasteiger partial charge on any atom is 0.256 e. The summed E-state index contributed by atoms with van der Waals surface area (Å²) in [6.45, 7) is 3.63. The number of halogens is 1. The molecule has 1 aromatic carbocycles. The minimum atomic E-state index is -1.18. The second-order valence-electron chi connectivity index (χ2n) is 8.51. The molecule has 31 heavy (non-hydrogen) atoms. The molecule has 0 saturated carbocycles. The van der Waals surface area contributed by atoms with Gasteiger partial charge < -0.3 is 24.4 Å². The lowest BCUT2D eigenvalue weighted by Crippen LogP contribution is -2.47. The van der Waals surface area contributed by atoms with Crippen LogP contribution < -0.4 is 9.64 Å². The molecule has 0 bridgehead atoms. The Kier molecular flexibility index (Phi) is 5.06. The molecule has 1 amide bonds. The second-order valence-corrected chi connectivity index (χ2v) is 8.51. The van der Waals surface area contributed by atoms with Crippen molar-refractivity contribution >= 4 is 11.7 Å². The van der Waals surface area contributed by atoms with Gasteiger partial charge in [-0.1, -0.05) is 6.07 Å². The molecule has 0 aliphatic carbocycles. The molecule has 1 fully saturated rings. The van der Waals surface area contributed by atoms with Crippen LogP contribution in [-0.4, -0.2) is 59.9 Å². The SMILES string of the molecule is Cc1cc2c(nc1N1CCC(Oc3ccc4c(c3)COC4)[C@@H](F)C1)[C@@H](CO)N(C)C2=O. The molecule has 1 aromatic heterocycles. The molecule has 3 aliphatic heterocycles. The van der Waals surface area contributed by atoms with Gasteiger partial charge in [0, 0.05) is 20.0 Å². The molecule has 1 saturated heterocycles. The zero-order valence-corrected chi connectivity index (χ0v) is 17.7. The molecule has 5 rings (SSSR count). The van der Waals surface area contributed by atoms with Crippen molar-refractivity contribution in [2.75, 3.05) is 31.6 Å². The van der Waals surface area contributed by atoms with Gasteiger partial charge in [-0.3, -0.25) is 4.79 Å². The van der Waals surface area contributed by atoms with Crippen molar-refractivity contribution in [1.29, 1.82) is 0 Å². The number of anilines is 1. The molecular weight excluding hydrogens is 401 g/mol. The van der Waals surface area contributed by atoms with Crippen LogP contribution in [0.25, 0.3) is 0 Å². The number of aliphatic hydroxyl groups is 1. The van der Waals surface area contributed by atoms with Gasteiger partial charge in [0.05, 0.1) is 43.7 Å². The maximum absolute atomic E-state index is 15.1. The summed E-state index contributed by atoms with van der Waals surface area (Å²) < 4.78 is 26.5. The van der Waals surface area contributed by atoms with E-state index in [9.17, 15) is 9.90 Å². The summed E-state index contributed by atoms with van der Waals surface area (Å²) >= 11 is 0. The summed E-state index contributed by atoms with van der Waals surface area (Å²) in [6.07, 6.45) is -1.18. The summed E-state index contributed by atoms with van der Waals surface area (Å²) in [7, 11) is 1.66. The Morgan fingerprint density at radius 3 is 2.87 bits per heavy atom. The van der Waals surface area contributed by atoms with Gasteiger partial charge in [-0.2, -0.15) is 0 Å². The number of aryl methyl sites for hydroxylation is 1. The third kappa shape index (κ3) is 3.43. The monoisotopic (exact) mass is 427 g/mol. The number of pyridine rings is 1. The summed E-state index contributed by atoms with van der Waals surface area (Å²) in [5, 5.41) is 9.71. The number of piperidine rings is 1. The van der Waals surface area contributed by atoms with E-state index < -0.39 is 18.3 Å². The number of rotatable bonds is 4. The molecule has 4 heterocycles. The quantitative estimate of drug-likeness (QED) is 0.808. The molecule has 1 unspecified atom stereocenters. The maximum atomic E-state index is 15.1. The smallest absolute Gasteiger partial charge is 0.256 e. The lowest BCUT2D eigenvalue weighted by molar-refractivity contribution is 0.0714. The van der Waals surface area contributed by atoms with Crippen LogP contribution in [0, 0.1) is 6.92 Å². The minimum absolute atomic E-state index is 0.147. The number of carbonyl (C=O) groups excluding carboxylic acids is 1. The van der Waals surface area contributed by atoms with Crippen LogP contribution in [0.15, 0.2) is 24.3 Å². The van der Waals surface area contributed by atoms with Gasteiger partial charge in [-0.05, 0) is 41.8 Å². The van der Waals surface area contributed by atoms with Crippen molar-refractivity contribution in [3.8, 4) is 5.75 Å². The third-order valence-electron chi connectivity index (χ3n) is 6.48. The molecule has 8 heteroatoms. The van der Waals surface area contributed by atoms with Crippen molar-refractivity contribution in [3.05, 3.63) is 52.2 Å². The molecule has 164 valence electrons. The first-order valence-corrected chi connectivity index (χ1v) is 10.6. The number of ether oxygens (including phenoxy) is 2. The van der Waals surface area contributed by atoms with Crippen LogP contribution in [0.2, 0.25) is 0 Å². The Hall–Kier alpha value is -2.71. The number of hydrogen-bond donors (Lipinski definition) is 1. The van der Waals surface area contributed by atoms with Crippen LogP contribution in [0.5, 0.6) is 5.75 Å². The number of likely N-dealkylation sites (N-methyl/N-ethyl adjacent to an activating group) is 1. The molecule has 2 aromatic rings. The van der Waals surface area contributed by atoms with Gasteiger partial charge in [0.1, 0.15) is 17.7 Å². The van der Waals surface area contributed by atoms with E-state index in [-0.39, 0.29) is 19.1 Å². The Balaban J connectivity index is 1.32. The summed E-state index contributed by atoms with van der Waals surface area (Å²) in [5.74, 6) is 1.19. The summed E-state index contributed by atoms with van der Waals surface area (Å²) in [6, 6.07) is 7.13. The summed E-state index contributed by atoms with van der Waals surface area (Å²) in [5.41, 5.74) is 4.15. The predicted octanol–water partition coefficient (Wildman–Crippen LogP) is 2.54. The minimum Gasteiger partial charge on any atom is -0.487 e. The number of benzene rings is 1. The van der Waals surface area contributed by atoms with Gasteiger partial charge >= 0.3 is 0 Å². The Bertz CT molecular complexity index is 1030. The highest BCUT2D eigenvalue weighted by Gasteiger charge is 2.38. The molecule has 7 nitrogen and oxygen atoms in total. The predicted molar refractivity (Wildman–Crippen MR) is 112 cm³/mol. The van der Waals surface area contributed by atoms with Crippen LogP contribution in [0.1, 0.15) is 45.2 Å². The molecule has 1 N–H and O–H groups in total. The topological polar surface area (TPSA) is 75.1 Å². The van der Waals surface area contributed by atoms with E-state index in [1.54, 1.807) is 13.1 Å². The lowest BCUT2D eigenvalue weighted by Gasteiger charge is -2.36. The molecule has 0 spiro atoms. The summed E-state index contributed by atoms with van der Waals surface area (Å²) in [4.78, 5) is 20.5. The number of aliphatic hydroxyl groups excluding tert-OH is 1. The largest absolute Gasteiger partial charge is 0.487 e. The van der Waals surface area contributed by atoms with Crippen molar-refractivity contribution in [1.82, 2.24) is 9.88 Å². The zero-order chi connectivity index (χ0) is 21.7. The Labute approximate surface area is 180 Å². The normalized spacial score (nSPS) is 25.0. The molecule has 3 atom stereocenters. The van der Waals surface area contributed by atoms with E-state index in [4.69, 9.17) is 14.5 Å². The first kappa shape index (κ1) is 20.2. The van der Waals surface area contributed by atoms with E-state index in [0.29, 0.717) is 49.0 Å². The van der Waals surface area contributed by atoms with Gasteiger partial charge in [0.25, 0.3) is 5.91 Å². The molecule has 3 aliphatic rings. The second kappa shape index (κ2) is 7.76. The lowest BCUT2D eigenvalue weighted by atomic mass is 10.0. The average Bonchev–Trinajstić information content (AvgIpc) is 3.31. The Morgan fingerprint density at radius 1 is 1.29 bits per heavy atom. The van der Waals surface area contributed by atoms with Gasteiger partial charge in [-0.25, -0.2) is 9.37 Å². The van der Waals surface area contributed by atoms with E-state index in [0.717, 1.165) is 16.7 Å². The van der Waals surface area contributed by atoms with E-state index in [2.05, 4.69) is 0 Å². The van der Waals surface area contributed by atoms with Gasteiger partial charge in [0.15, 0.2) is 6.17 Å². The fraction of sp³-hybridized carbons (Fsp3) is 0.478. The standard InChI is InChI=1S/C23H26FN3O4/c1-13-7-17-21(19(10-28)26(2)23(17)29)25-22(13)27-6-5-20(18(24)9-27)31-16-4-3-14-11-30-12-15(14)8-16/h3-4,7-8,18-20,28H,5-6,9-12H2,1-2H3/t18-,19+,20?/m0/s1. The van der Waals surface area contributed by atoms with Gasteiger partial charge in [0.2, 0.25) is 0 Å². The van der Waals surface area contributed by atoms with Crippen molar-refractivity contribution in [2.24, 2.45) is 0 Å². The van der Waals surface area contributed by atoms with Crippen LogP contribution >= 0.6 is 0 Å². The fourth-order valence-electron chi connectivity index (χ4n) is 4.69. The number of alkyl halides is 1. The highest BCUT2D eigenvalue weighted by Crippen LogP contribution is 2.35. The van der Waals surface area contributed by atoms with Crippen molar-refractivity contribution in [2.45, 2.75) is 44.9 Å². The van der Waals surface area contributed by atoms with Crippen LogP contribution in [0.3, 0.4) is 0 Å². The zero-order valence-electron chi connectivity index (χ0n) is 17.7. The highest BCUT2D eigenvalue weighted by molar-refractivity contribution is 5.99. The number of aromatic nitrogens is 1. The van der Waals surface area contributed by atoms with E-state index >= 15 is 4.39 Å². The first-order chi connectivity index (χ1) is 15.0. The number of amides is 1. The van der Waals surface area contributed by atoms with Crippen molar-refractivity contribution < 1.29 is 23.8 Å². The molecular formula is C23H26FN3O4. The van der Waals surface area contributed by atoms with E-state index in [1.165, 1.54) is 4.90 Å². The van der Waals surface area contributed by atoms with Crippen LogP contribution in [0.4, 0.5) is 10.2 Å².